The van der Waals surface area contributed by atoms with E-state index in [1.165, 1.54) is 16.8 Å². The third-order valence-corrected chi connectivity index (χ3v) is 3.39. The zero-order chi connectivity index (χ0) is 11.7. The standard InChI is InChI=1S/C13H20N2O/c1-9(2)11-7-14-13-5-4-6-15(10(3)16)8-12(11)13/h7,9,14H,4-6,8H2,1-3H3. The first-order valence-corrected chi connectivity index (χ1v) is 6.04. The maximum Gasteiger partial charge on any atom is 0.219 e. The second-order valence-corrected chi connectivity index (χ2v) is 4.90. The Labute approximate surface area is 96.8 Å². The smallest absolute Gasteiger partial charge is 0.219 e. The van der Waals surface area contributed by atoms with Crippen molar-refractivity contribution < 1.29 is 4.79 Å². The predicted molar refractivity (Wildman–Crippen MR) is 64.3 cm³/mol. The van der Waals surface area contributed by atoms with Crippen LogP contribution in [0.3, 0.4) is 0 Å². The van der Waals surface area contributed by atoms with Crippen LogP contribution in [-0.4, -0.2) is 22.3 Å². The maximum absolute atomic E-state index is 11.5. The number of fused-ring (bicyclic) bond motifs is 1. The molecular formula is C13H20N2O. The highest BCUT2D eigenvalue weighted by atomic mass is 16.2. The Morgan fingerprint density at radius 3 is 2.88 bits per heavy atom. The van der Waals surface area contributed by atoms with E-state index in [4.69, 9.17) is 0 Å². The topological polar surface area (TPSA) is 36.1 Å². The third kappa shape index (κ3) is 1.99. The molecule has 0 radical (unpaired) electrons. The van der Waals surface area contributed by atoms with E-state index in [9.17, 15) is 4.79 Å². The normalized spacial score (nSPS) is 16.1. The van der Waals surface area contributed by atoms with Crippen LogP contribution in [0.25, 0.3) is 0 Å². The van der Waals surface area contributed by atoms with Gasteiger partial charge in [0.2, 0.25) is 5.91 Å². The van der Waals surface area contributed by atoms with E-state index in [1.54, 1.807) is 6.92 Å². The van der Waals surface area contributed by atoms with Crippen molar-refractivity contribution in [3.05, 3.63) is 23.0 Å². The van der Waals surface area contributed by atoms with Crippen LogP contribution in [0.4, 0.5) is 0 Å². The van der Waals surface area contributed by atoms with Crippen molar-refractivity contribution in [1.29, 1.82) is 0 Å². The monoisotopic (exact) mass is 220 g/mol. The van der Waals surface area contributed by atoms with Crippen molar-refractivity contribution in [3.8, 4) is 0 Å². The van der Waals surface area contributed by atoms with Crippen LogP contribution in [0.2, 0.25) is 0 Å². The average molecular weight is 220 g/mol. The van der Waals surface area contributed by atoms with Gasteiger partial charge in [0.1, 0.15) is 0 Å². The van der Waals surface area contributed by atoms with Crippen LogP contribution in [-0.2, 0) is 17.8 Å². The molecule has 1 N–H and O–H groups in total. The molecule has 0 saturated carbocycles. The molecule has 0 fully saturated rings. The molecule has 0 unspecified atom stereocenters. The molecule has 0 aliphatic carbocycles. The largest absolute Gasteiger partial charge is 0.364 e. The summed E-state index contributed by atoms with van der Waals surface area (Å²) in [6.45, 7) is 7.72. The van der Waals surface area contributed by atoms with E-state index in [0.29, 0.717) is 5.92 Å². The third-order valence-electron chi connectivity index (χ3n) is 3.39. The second-order valence-electron chi connectivity index (χ2n) is 4.90. The van der Waals surface area contributed by atoms with Gasteiger partial charge in [0.25, 0.3) is 0 Å². The van der Waals surface area contributed by atoms with Gasteiger partial charge >= 0.3 is 0 Å². The molecule has 16 heavy (non-hydrogen) atoms. The lowest BCUT2D eigenvalue weighted by atomic mass is 10.00. The molecule has 1 aromatic rings. The number of rotatable bonds is 1. The second kappa shape index (κ2) is 4.32. The summed E-state index contributed by atoms with van der Waals surface area (Å²) in [7, 11) is 0. The van der Waals surface area contributed by atoms with Crippen LogP contribution in [0.1, 0.15) is 49.9 Å². The fraction of sp³-hybridized carbons (Fsp3) is 0.615. The van der Waals surface area contributed by atoms with E-state index >= 15 is 0 Å². The van der Waals surface area contributed by atoms with Crippen LogP contribution in [0.5, 0.6) is 0 Å². The first-order valence-electron chi connectivity index (χ1n) is 6.04. The summed E-state index contributed by atoms with van der Waals surface area (Å²) in [5.74, 6) is 0.704. The molecule has 3 nitrogen and oxygen atoms in total. The minimum Gasteiger partial charge on any atom is -0.364 e. The highest BCUT2D eigenvalue weighted by molar-refractivity contribution is 5.73. The number of nitrogens with one attached hydrogen (secondary N) is 1. The molecule has 0 bridgehead atoms. The molecular weight excluding hydrogens is 200 g/mol. The highest BCUT2D eigenvalue weighted by Gasteiger charge is 2.21. The molecule has 1 amide bonds. The first kappa shape index (κ1) is 11.2. The van der Waals surface area contributed by atoms with Gasteiger partial charge in [-0.15, -0.1) is 0 Å². The molecule has 0 spiro atoms. The summed E-state index contributed by atoms with van der Waals surface area (Å²) in [6.07, 6.45) is 4.23. The SMILES string of the molecule is CC(=O)N1CCCc2[nH]cc(C(C)C)c2C1. The number of carbonyl (C=O) groups excluding carboxylic acids is 1. The fourth-order valence-corrected chi connectivity index (χ4v) is 2.42. The van der Waals surface area contributed by atoms with Crippen molar-refractivity contribution in [1.82, 2.24) is 9.88 Å². The number of carbonyl (C=O) groups is 1. The van der Waals surface area contributed by atoms with Gasteiger partial charge in [-0.3, -0.25) is 4.79 Å². The Morgan fingerprint density at radius 1 is 1.50 bits per heavy atom. The van der Waals surface area contributed by atoms with E-state index in [-0.39, 0.29) is 5.91 Å². The van der Waals surface area contributed by atoms with Gasteiger partial charge in [-0.05, 0) is 29.9 Å². The number of nitrogens with zero attached hydrogens (tertiary/aromatic N) is 1. The zero-order valence-corrected chi connectivity index (χ0v) is 10.3. The van der Waals surface area contributed by atoms with Crippen molar-refractivity contribution in [3.63, 3.8) is 0 Å². The van der Waals surface area contributed by atoms with Gasteiger partial charge < -0.3 is 9.88 Å². The number of H-pyrrole nitrogens is 1. The fourth-order valence-electron chi connectivity index (χ4n) is 2.42. The highest BCUT2D eigenvalue weighted by Crippen LogP contribution is 2.27. The van der Waals surface area contributed by atoms with Crippen LogP contribution in [0, 0.1) is 0 Å². The Kier molecular flexibility index (Phi) is 3.03. The van der Waals surface area contributed by atoms with Crippen LogP contribution >= 0.6 is 0 Å². The Morgan fingerprint density at radius 2 is 2.25 bits per heavy atom. The summed E-state index contributed by atoms with van der Waals surface area (Å²) in [6, 6.07) is 0. The van der Waals surface area contributed by atoms with Crippen molar-refractivity contribution in [2.75, 3.05) is 6.54 Å². The molecule has 88 valence electrons. The summed E-state index contributed by atoms with van der Waals surface area (Å²) in [5, 5.41) is 0. The lowest BCUT2D eigenvalue weighted by Gasteiger charge is -2.19. The molecule has 1 aliphatic heterocycles. The first-order chi connectivity index (χ1) is 7.59. The van der Waals surface area contributed by atoms with Gasteiger partial charge in [-0.2, -0.15) is 0 Å². The molecule has 1 aromatic heterocycles. The average Bonchev–Trinajstić information content (AvgIpc) is 2.48. The van der Waals surface area contributed by atoms with Gasteiger partial charge in [0.15, 0.2) is 0 Å². The number of amides is 1. The van der Waals surface area contributed by atoms with Gasteiger partial charge in [-0.25, -0.2) is 0 Å². The molecule has 2 heterocycles. The molecule has 2 rings (SSSR count). The lowest BCUT2D eigenvalue weighted by molar-refractivity contribution is -0.129. The van der Waals surface area contributed by atoms with E-state index in [0.717, 1.165) is 25.9 Å². The summed E-state index contributed by atoms with van der Waals surface area (Å²) >= 11 is 0. The van der Waals surface area contributed by atoms with Crippen LogP contribution < -0.4 is 0 Å². The zero-order valence-electron chi connectivity index (χ0n) is 10.3. The molecule has 0 atom stereocenters. The quantitative estimate of drug-likeness (QED) is 0.775. The van der Waals surface area contributed by atoms with E-state index in [2.05, 4.69) is 25.0 Å². The van der Waals surface area contributed by atoms with Crippen LogP contribution in [0.15, 0.2) is 6.20 Å². The number of aryl methyl sites for hydroxylation is 1. The summed E-state index contributed by atoms with van der Waals surface area (Å²) in [5.41, 5.74) is 4.04. The van der Waals surface area contributed by atoms with E-state index in [1.807, 2.05) is 4.90 Å². The minimum absolute atomic E-state index is 0.184. The van der Waals surface area contributed by atoms with Crippen molar-refractivity contribution >= 4 is 5.91 Å². The molecule has 0 saturated heterocycles. The number of aromatic nitrogens is 1. The minimum atomic E-state index is 0.184. The number of hydrogen-bond acceptors (Lipinski definition) is 1. The van der Waals surface area contributed by atoms with E-state index < -0.39 is 0 Å². The maximum atomic E-state index is 11.5. The molecule has 0 aromatic carbocycles. The van der Waals surface area contributed by atoms with Crippen molar-refractivity contribution in [2.45, 2.75) is 46.1 Å². The van der Waals surface area contributed by atoms with Gasteiger partial charge in [0.05, 0.1) is 0 Å². The number of aromatic amines is 1. The predicted octanol–water partition coefficient (Wildman–Crippen LogP) is 2.43. The summed E-state index contributed by atoms with van der Waals surface area (Å²) < 4.78 is 0. The Bertz CT molecular complexity index is 393. The lowest BCUT2D eigenvalue weighted by Crippen LogP contribution is -2.28. The number of hydrogen-bond donors (Lipinski definition) is 1. The van der Waals surface area contributed by atoms with Gasteiger partial charge in [0, 0.05) is 31.9 Å². The summed E-state index contributed by atoms with van der Waals surface area (Å²) in [4.78, 5) is 16.8. The Balaban J connectivity index is 2.32. The van der Waals surface area contributed by atoms with Gasteiger partial charge in [-0.1, -0.05) is 13.8 Å². The molecule has 1 aliphatic rings. The van der Waals surface area contributed by atoms with Crippen molar-refractivity contribution in [2.24, 2.45) is 0 Å². The Hall–Kier alpha value is -1.25. The molecule has 3 heteroatoms.